The van der Waals surface area contributed by atoms with E-state index in [0.717, 1.165) is 19.3 Å². The van der Waals surface area contributed by atoms with Crippen LogP contribution in [0.5, 0.6) is 11.5 Å². The van der Waals surface area contributed by atoms with Crippen molar-refractivity contribution in [3.63, 3.8) is 0 Å². The van der Waals surface area contributed by atoms with Crippen LogP contribution in [0.1, 0.15) is 52.1 Å². The quantitative estimate of drug-likeness (QED) is 0.372. The normalized spacial score (nSPS) is 17.7. The van der Waals surface area contributed by atoms with Crippen LogP contribution in [-0.2, 0) is 19.6 Å². The molecule has 0 spiro atoms. The Morgan fingerprint density at radius 3 is 2.39 bits per heavy atom. The fourth-order valence-electron chi connectivity index (χ4n) is 5.05. The van der Waals surface area contributed by atoms with E-state index in [-0.39, 0.29) is 22.2 Å². The standard InChI is InChI=1S/C29H31N3O7S2/c1-38-29(35)20-9-11-21(12-10-20)39-25-14-13-22(41(36,37)31-15-3-2-4-16-31)19-23(25)30-27(33)24-7-5-17-32(24)28(34)26-8-6-18-40-26/h6,8-14,18-19,24H,2-5,7,15-17H2,1H3,(H,30,33). The first-order chi connectivity index (χ1) is 19.8. The first kappa shape index (κ1) is 28.8. The first-order valence-corrected chi connectivity index (χ1v) is 15.8. The Kier molecular flexibility index (Phi) is 8.71. The number of likely N-dealkylation sites (tertiary alicyclic amines) is 1. The first-order valence-electron chi connectivity index (χ1n) is 13.4. The van der Waals surface area contributed by atoms with Gasteiger partial charge in [-0.15, -0.1) is 11.3 Å². The molecular formula is C29H31N3O7S2. The molecule has 3 heterocycles. The molecule has 0 saturated carbocycles. The number of piperidine rings is 1. The lowest BCUT2D eigenvalue weighted by atomic mass is 10.2. The number of anilines is 1. The lowest BCUT2D eigenvalue weighted by Gasteiger charge is -2.27. The van der Waals surface area contributed by atoms with Gasteiger partial charge in [-0.2, -0.15) is 4.31 Å². The molecule has 12 heteroatoms. The van der Waals surface area contributed by atoms with Crippen molar-refractivity contribution in [3.05, 3.63) is 70.4 Å². The van der Waals surface area contributed by atoms with E-state index >= 15 is 0 Å². The van der Waals surface area contributed by atoms with Crippen LogP contribution in [0.3, 0.4) is 0 Å². The third kappa shape index (κ3) is 6.29. The summed E-state index contributed by atoms with van der Waals surface area (Å²) in [5.41, 5.74) is 0.508. The van der Waals surface area contributed by atoms with E-state index in [1.165, 1.54) is 41.0 Å². The number of hydrogen-bond donors (Lipinski definition) is 1. The number of sulfonamides is 1. The van der Waals surface area contributed by atoms with Gasteiger partial charge in [-0.05, 0) is 79.6 Å². The predicted molar refractivity (Wildman–Crippen MR) is 154 cm³/mol. The Balaban J connectivity index is 1.44. The molecule has 1 aromatic heterocycles. The lowest BCUT2D eigenvalue weighted by molar-refractivity contribution is -0.119. The van der Waals surface area contributed by atoms with Crippen molar-refractivity contribution >= 4 is 44.8 Å². The summed E-state index contributed by atoms with van der Waals surface area (Å²) in [6.45, 7) is 1.33. The molecule has 2 amide bonds. The van der Waals surface area contributed by atoms with E-state index in [1.807, 2.05) is 5.38 Å². The average Bonchev–Trinajstić information content (AvgIpc) is 3.71. The van der Waals surface area contributed by atoms with Gasteiger partial charge in [0.2, 0.25) is 15.9 Å². The van der Waals surface area contributed by atoms with Gasteiger partial charge in [0.1, 0.15) is 11.8 Å². The maximum absolute atomic E-state index is 13.6. The Labute approximate surface area is 242 Å². The van der Waals surface area contributed by atoms with Gasteiger partial charge < -0.3 is 19.7 Å². The van der Waals surface area contributed by atoms with Crippen LogP contribution in [0, 0.1) is 0 Å². The molecule has 0 radical (unpaired) electrons. The monoisotopic (exact) mass is 597 g/mol. The molecule has 2 aliphatic rings. The van der Waals surface area contributed by atoms with E-state index in [0.29, 0.717) is 48.7 Å². The zero-order chi connectivity index (χ0) is 29.0. The summed E-state index contributed by atoms with van der Waals surface area (Å²) in [6, 6.07) is 13.4. The largest absolute Gasteiger partial charge is 0.465 e. The molecule has 216 valence electrons. The van der Waals surface area contributed by atoms with Crippen LogP contribution in [0.2, 0.25) is 0 Å². The minimum Gasteiger partial charge on any atom is -0.465 e. The second kappa shape index (κ2) is 12.4. The molecule has 0 aliphatic carbocycles. The average molecular weight is 598 g/mol. The summed E-state index contributed by atoms with van der Waals surface area (Å²) < 4.78 is 39.1. The zero-order valence-electron chi connectivity index (χ0n) is 22.6. The molecule has 1 atom stereocenters. The molecule has 1 N–H and O–H groups in total. The summed E-state index contributed by atoms with van der Waals surface area (Å²) in [5, 5.41) is 4.66. The van der Waals surface area contributed by atoms with Crippen LogP contribution in [0.15, 0.2) is 64.9 Å². The van der Waals surface area contributed by atoms with Gasteiger partial charge in [-0.1, -0.05) is 12.5 Å². The third-order valence-electron chi connectivity index (χ3n) is 7.21. The number of amides is 2. The Bertz CT molecular complexity index is 1520. The molecular weight excluding hydrogens is 566 g/mol. The van der Waals surface area contributed by atoms with E-state index in [9.17, 15) is 22.8 Å². The SMILES string of the molecule is COC(=O)c1ccc(Oc2ccc(S(=O)(=O)N3CCCCC3)cc2NC(=O)C2CCCN2C(=O)c2cccs2)cc1. The number of ether oxygens (including phenoxy) is 2. The summed E-state index contributed by atoms with van der Waals surface area (Å²) in [6.07, 6.45) is 3.73. The van der Waals surface area contributed by atoms with Crippen molar-refractivity contribution in [2.45, 2.75) is 43.0 Å². The highest BCUT2D eigenvalue weighted by molar-refractivity contribution is 7.89. The number of carbonyl (C=O) groups excluding carboxylic acids is 3. The van der Waals surface area contributed by atoms with Gasteiger partial charge in [0.15, 0.2) is 5.75 Å². The molecule has 3 aromatic rings. The van der Waals surface area contributed by atoms with Crippen molar-refractivity contribution in [2.75, 3.05) is 32.1 Å². The van der Waals surface area contributed by atoms with Crippen LogP contribution < -0.4 is 10.1 Å². The number of hydrogen-bond acceptors (Lipinski definition) is 8. The number of carbonyl (C=O) groups is 3. The van der Waals surface area contributed by atoms with E-state index < -0.39 is 27.9 Å². The van der Waals surface area contributed by atoms with Gasteiger partial charge in [-0.25, -0.2) is 13.2 Å². The second-order valence-electron chi connectivity index (χ2n) is 9.86. The topological polar surface area (TPSA) is 122 Å². The van der Waals surface area contributed by atoms with E-state index in [4.69, 9.17) is 9.47 Å². The number of rotatable bonds is 8. The van der Waals surface area contributed by atoms with E-state index in [2.05, 4.69) is 5.32 Å². The highest BCUT2D eigenvalue weighted by atomic mass is 32.2. The van der Waals surface area contributed by atoms with Gasteiger partial charge in [-0.3, -0.25) is 9.59 Å². The molecule has 2 aliphatic heterocycles. The fourth-order valence-corrected chi connectivity index (χ4v) is 7.28. The lowest BCUT2D eigenvalue weighted by Crippen LogP contribution is -2.43. The maximum Gasteiger partial charge on any atom is 0.337 e. The second-order valence-corrected chi connectivity index (χ2v) is 12.7. The molecule has 10 nitrogen and oxygen atoms in total. The number of methoxy groups -OCH3 is 1. The van der Waals surface area contributed by atoms with Crippen LogP contribution >= 0.6 is 11.3 Å². The molecule has 41 heavy (non-hydrogen) atoms. The molecule has 2 aromatic carbocycles. The fraction of sp³-hybridized carbons (Fsp3) is 0.345. The van der Waals surface area contributed by atoms with Gasteiger partial charge in [0.05, 0.1) is 28.1 Å². The number of esters is 1. The minimum atomic E-state index is -3.79. The number of thiophene rings is 1. The Morgan fingerprint density at radius 2 is 1.71 bits per heavy atom. The third-order valence-corrected chi connectivity index (χ3v) is 9.97. The van der Waals surface area contributed by atoms with Gasteiger partial charge in [0.25, 0.3) is 5.91 Å². The van der Waals surface area contributed by atoms with Gasteiger partial charge in [0, 0.05) is 19.6 Å². The molecule has 0 bridgehead atoms. The van der Waals surface area contributed by atoms with Crippen LogP contribution in [-0.4, -0.2) is 68.2 Å². The summed E-state index contributed by atoms with van der Waals surface area (Å²) in [4.78, 5) is 40.6. The molecule has 2 saturated heterocycles. The number of benzene rings is 2. The number of nitrogens with one attached hydrogen (secondary N) is 1. The highest BCUT2D eigenvalue weighted by Crippen LogP contribution is 2.34. The van der Waals surface area contributed by atoms with Crippen LogP contribution in [0.25, 0.3) is 0 Å². The van der Waals surface area contributed by atoms with Crippen molar-refractivity contribution in [1.29, 1.82) is 0 Å². The molecule has 2 fully saturated rings. The van der Waals surface area contributed by atoms with Crippen molar-refractivity contribution < 1.29 is 32.3 Å². The van der Waals surface area contributed by atoms with Crippen LogP contribution in [0.4, 0.5) is 5.69 Å². The van der Waals surface area contributed by atoms with Crippen molar-refractivity contribution in [3.8, 4) is 11.5 Å². The number of nitrogens with zero attached hydrogens (tertiary/aromatic N) is 2. The maximum atomic E-state index is 13.6. The van der Waals surface area contributed by atoms with Crippen molar-refractivity contribution in [1.82, 2.24) is 9.21 Å². The predicted octanol–water partition coefficient (Wildman–Crippen LogP) is 4.74. The molecule has 5 rings (SSSR count). The minimum absolute atomic E-state index is 0.0426. The smallest absolute Gasteiger partial charge is 0.337 e. The van der Waals surface area contributed by atoms with Gasteiger partial charge >= 0.3 is 5.97 Å². The summed E-state index contributed by atoms with van der Waals surface area (Å²) in [5.74, 6) is -0.534. The Morgan fingerprint density at radius 1 is 0.951 bits per heavy atom. The van der Waals surface area contributed by atoms with Crippen molar-refractivity contribution in [2.24, 2.45) is 0 Å². The zero-order valence-corrected chi connectivity index (χ0v) is 24.2. The Hall–Kier alpha value is -3.74. The highest BCUT2D eigenvalue weighted by Gasteiger charge is 2.35. The van der Waals surface area contributed by atoms with E-state index in [1.54, 1.807) is 41.3 Å². The summed E-state index contributed by atoms with van der Waals surface area (Å²) in [7, 11) is -2.50. The molecule has 1 unspecified atom stereocenters. The summed E-state index contributed by atoms with van der Waals surface area (Å²) >= 11 is 1.32.